The van der Waals surface area contributed by atoms with E-state index in [0.717, 1.165) is 48.1 Å². The van der Waals surface area contributed by atoms with Gasteiger partial charge in [0.2, 0.25) is 0 Å². The largest absolute Gasteiger partial charge is 0.496 e. The minimum Gasteiger partial charge on any atom is -0.496 e. The van der Waals surface area contributed by atoms with E-state index < -0.39 is 5.41 Å². The molecule has 0 fully saturated rings. The second-order valence-corrected chi connectivity index (χ2v) is 16.8. The Kier molecular flexibility index (Phi) is 14.3. The molecule has 3 nitrogen and oxygen atoms in total. The first-order valence-electron chi connectivity index (χ1n) is 22.6. The van der Waals surface area contributed by atoms with Crippen LogP contribution in [0.25, 0.3) is 45.0 Å². The van der Waals surface area contributed by atoms with Gasteiger partial charge in [0.05, 0.1) is 12.5 Å². The lowest BCUT2D eigenvalue weighted by molar-refractivity contribution is 0.406. The Bertz CT molecular complexity index is 2880. The Morgan fingerprint density at radius 3 is 1.82 bits per heavy atom. The zero-order chi connectivity index (χ0) is 45.0. The minimum absolute atomic E-state index is 0.685. The molecule has 0 radical (unpaired) electrons. The van der Waals surface area contributed by atoms with E-state index in [1.807, 2.05) is 0 Å². The molecule has 1 atom stereocenters. The molecule has 0 spiro atoms. The number of para-hydroxylation sites is 1. The molecule has 7 aromatic carbocycles. The van der Waals surface area contributed by atoms with E-state index in [1.165, 1.54) is 66.8 Å². The lowest BCUT2D eigenvalue weighted by Crippen LogP contribution is -2.33. The highest BCUT2D eigenvalue weighted by Gasteiger charge is 2.45. The topological polar surface area (TPSA) is 61.3 Å². The highest BCUT2D eigenvalue weighted by molar-refractivity contribution is 5.90. The Labute approximate surface area is 386 Å². The summed E-state index contributed by atoms with van der Waals surface area (Å²) in [5.41, 5.74) is 17.4. The average Bonchev–Trinajstić information content (AvgIpc) is 3.88. The van der Waals surface area contributed by atoms with Crippen molar-refractivity contribution >= 4 is 11.6 Å². The summed E-state index contributed by atoms with van der Waals surface area (Å²) in [5, 5.41) is 0. The van der Waals surface area contributed by atoms with Gasteiger partial charge in [0.25, 0.3) is 0 Å². The van der Waals surface area contributed by atoms with Crippen molar-refractivity contribution in [1.29, 1.82) is 0 Å². The summed E-state index contributed by atoms with van der Waals surface area (Å²) in [5.74, 6) is 9.54. The number of fused-ring (bicyclic) bond motifs is 2. The Hall–Kier alpha value is -7.30. The van der Waals surface area contributed by atoms with Crippen molar-refractivity contribution in [3.05, 3.63) is 270 Å². The van der Waals surface area contributed by atoms with Crippen molar-refractivity contribution in [1.82, 2.24) is 0 Å². The average molecular weight is 847 g/mol. The van der Waals surface area contributed by atoms with Gasteiger partial charge in [-0.2, -0.15) is 0 Å². The van der Waals surface area contributed by atoms with Crippen LogP contribution in [0.1, 0.15) is 58.7 Å². The molecule has 3 heteroatoms. The minimum atomic E-state index is -0.702. The molecule has 0 bridgehead atoms. The van der Waals surface area contributed by atoms with Crippen LogP contribution in [-0.2, 0) is 18.3 Å². The zero-order valence-corrected chi connectivity index (χ0v) is 37.5. The first-order chi connectivity index (χ1) is 32.0. The monoisotopic (exact) mass is 846 g/mol. The van der Waals surface area contributed by atoms with Gasteiger partial charge in [-0.1, -0.05) is 220 Å². The number of hydrogen-bond donors (Lipinski definition) is 2. The highest BCUT2D eigenvalue weighted by Crippen LogP contribution is 2.55. The lowest BCUT2D eigenvalue weighted by atomic mass is 9.60. The molecule has 0 heterocycles. The van der Waals surface area contributed by atoms with Gasteiger partial charge in [-0.15, -0.1) is 0 Å². The molecule has 0 saturated carbocycles. The summed E-state index contributed by atoms with van der Waals surface area (Å²) in [4.78, 5) is 0. The van der Waals surface area contributed by atoms with E-state index in [0.29, 0.717) is 5.92 Å². The molecule has 0 saturated heterocycles. The first kappa shape index (κ1) is 44.3. The van der Waals surface area contributed by atoms with Crippen LogP contribution >= 0.6 is 0 Å². The molecule has 4 N–H and O–H groups in total. The third-order valence-electron chi connectivity index (χ3n) is 12.7. The predicted molar refractivity (Wildman–Crippen MR) is 276 cm³/mol. The molecule has 7 aromatic rings. The van der Waals surface area contributed by atoms with Crippen molar-refractivity contribution in [3.8, 4) is 39.1 Å². The van der Waals surface area contributed by atoms with Gasteiger partial charge < -0.3 is 4.74 Å². The smallest absolute Gasteiger partial charge is 0.123 e. The Balaban J connectivity index is 0.000000659. The van der Waals surface area contributed by atoms with Gasteiger partial charge in [-0.25, -0.2) is 0 Å². The van der Waals surface area contributed by atoms with E-state index >= 15 is 0 Å². The van der Waals surface area contributed by atoms with Crippen molar-refractivity contribution in [2.45, 2.75) is 38.0 Å². The van der Waals surface area contributed by atoms with Gasteiger partial charge in [0, 0.05) is 5.56 Å². The normalized spacial score (nSPS) is 16.6. The number of hydrazine groups is 1. The quantitative estimate of drug-likeness (QED) is 0.118. The third kappa shape index (κ3) is 9.63. The SMILES string of the molecule is C=C1c2ccccc2/C=C\Cc2ccc(-c3cccc(-c4ccc(Cc5ccc(-c6ccccc6)cc5)cc4)c3)cc2C1(C1=CCCC=C1)c1ccccc1OC.CC1C=CC=C1.NN. The maximum absolute atomic E-state index is 6.20. The fourth-order valence-corrected chi connectivity index (χ4v) is 9.43. The van der Waals surface area contributed by atoms with Gasteiger partial charge in [-0.3, -0.25) is 11.7 Å². The molecule has 1 unspecified atom stereocenters. The molecular weight excluding hydrogens is 789 g/mol. The van der Waals surface area contributed by atoms with Crippen LogP contribution in [0.5, 0.6) is 5.75 Å². The van der Waals surface area contributed by atoms with Gasteiger partial charge in [-0.05, 0) is 128 Å². The fraction of sp³-hybridized carbons (Fsp3) is 0.129. The van der Waals surface area contributed by atoms with E-state index in [1.54, 1.807) is 7.11 Å². The van der Waals surface area contributed by atoms with Crippen molar-refractivity contribution in [3.63, 3.8) is 0 Å². The van der Waals surface area contributed by atoms with Crippen molar-refractivity contribution < 1.29 is 4.74 Å². The highest BCUT2D eigenvalue weighted by atomic mass is 16.5. The summed E-state index contributed by atoms with van der Waals surface area (Å²) in [7, 11) is 1.78. The first-order valence-corrected chi connectivity index (χ1v) is 22.6. The van der Waals surface area contributed by atoms with Gasteiger partial charge >= 0.3 is 0 Å². The Morgan fingerprint density at radius 2 is 1.15 bits per heavy atom. The molecule has 3 aliphatic rings. The maximum atomic E-state index is 6.20. The number of allylic oxidation sites excluding steroid dienone is 10. The zero-order valence-electron chi connectivity index (χ0n) is 37.5. The van der Waals surface area contributed by atoms with Crippen molar-refractivity contribution in [2.24, 2.45) is 17.6 Å². The van der Waals surface area contributed by atoms with E-state index in [9.17, 15) is 0 Å². The van der Waals surface area contributed by atoms with Crippen LogP contribution in [0.4, 0.5) is 0 Å². The van der Waals surface area contributed by atoms with Crippen LogP contribution in [0.15, 0.2) is 231 Å². The van der Waals surface area contributed by atoms with Crippen LogP contribution in [-0.4, -0.2) is 7.11 Å². The number of hydrogen-bond acceptors (Lipinski definition) is 3. The van der Waals surface area contributed by atoms with E-state index in [-0.39, 0.29) is 0 Å². The third-order valence-corrected chi connectivity index (χ3v) is 12.7. The summed E-state index contributed by atoms with van der Waals surface area (Å²) in [6, 6.07) is 61.8. The number of benzene rings is 7. The molecule has 0 aromatic heterocycles. The molecule has 0 aliphatic heterocycles. The number of methoxy groups -OCH3 is 1. The summed E-state index contributed by atoms with van der Waals surface area (Å²) >= 11 is 0. The second-order valence-electron chi connectivity index (χ2n) is 16.8. The van der Waals surface area contributed by atoms with Crippen molar-refractivity contribution in [2.75, 3.05) is 7.11 Å². The molecule has 0 amide bonds. The van der Waals surface area contributed by atoms with Gasteiger partial charge in [0.1, 0.15) is 5.75 Å². The standard InChI is InChI=1S/C56H46O.C6H8.H4N2/c1-40-52-24-10-9-17-46(52)18-13-19-47-35-36-50(39-54(47)56(40,51-22-7-4-8-23-51)53-25-11-12-26-55(53)57-2)49-21-14-20-48(38-49)45-33-29-42(30-34-45)37-41-27-31-44(32-28-41)43-15-5-3-6-16-43;1-6-4-2-3-5-6;1-2/h3,5-7,9-18,20-36,38-39H,1,4,8,19,37H2,2H3;2-6H,1H3;1-2H2/b18-13-;;. The second kappa shape index (κ2) is 20.9. The molecule has 322 valence electrons. The lowest BCUT2D eigenvalue weighted by Gasteiger charge is -2.42. The van der Waals surface area contributed by atoms with Gasteiger partial charge in [0.15, 0.2) is 0 Å². The predicted octanol–water partition coefficient (Wildman–Crippen LogP) is 14.7. The van der Waals surface area contributed by atoms with Crippen LogP contribution in [0.3, 0.4) is 0 Å². The van der Waals surface area contributed by atoms with Crippen LogP contribution in [0, 0.1) is 5.92 Å². The maximum Gasteiger partial charge on any atom is 0.123 e. The summed E-state index contributed by atoms with van der Waals surface area (Å²) in [6.45, 7) is 7.19. The fourth-order valence-electron chi connectivity index (χ4n) is 9.43. The number of nitrogens with two attached hydrogens (primary N) is 2. The number of rotatable bonds is 8. The van der Waals surface area contributed by atoms with Crippen LogP contribution in [0.2, 0.25) is 0 Å². The summed E-state index contributed by atoms with van der Waals surface area (Å²) in [6.07, 6.45) is 23.8. The molecule has 3 aliphatic carbocycles. The molecular formula is C62H58N2O. The van der Waals surface area contributed by atoms with E-state index in [2.05, 4.69) is 243 Å². The molecule has 65 heavy (non-hydrogen) atoms. The summed E-state index contributed by atoms with van der Waals surface area (Å²) < 4.78 is 6.20. The molecule has 10 rings (SSSR count). The van der Waals surface area contributed by atoms with Crippen LogP contribution < -0.4 is 16.4 Å². The van der Waals surface area contributed by atoms with E-state index in [4.69, 9.17) is 11.3 Å². The Morgan fingerprint density at radius 1 is 0.569 bits per heavy atom. The number of ether oxygens (including phenoxy) is 1.